The zero-order chi connectivity index (χ0) is 19.8. The second-order valence-corrected chi connectivity index (χ2v) is 5.68. The van der Waals surface area contributed by atoms with Crippen molar-refractivity contribution in [3.8, 4) is 11.5 Å². The Morgan fingerprint density at radius 2 is 1.74 bits per heavy atom. The number of ether oxygens (including phenoxy) is 2. The van der Waals surface area contributed by atoms with Crippen LogP contribution in [0.5, 0.6) is 11.5 Å². The van der Waals surface area contributed by atoms with E-state index >= 15 is 0 Å². The van der Waals surface area contributed by atoms with Gasteiger partial charge in [-0.05, 0) is 57.5 Å². The van der Waals surface area contributed by atoms with E-state index in [0.717, 1.165) is 5.56 Å². The summed E-state index contributed by atoms with van der Waals surface area (Å²) in [5, 5.41) is 0. The van der Waals surface area contributed by atoms with E-state index in [0.29, 0.717) is 41.8 Å². The van der Waals surface area contributed by atoms with Crippen LogP contribution < -0.4 is 20.3 Å². The first kappa shape index (κ1) is 20.1. The van der Waals surface area contributed by atoms with Crippen molar-refractivity contribution in [2.45, 2.75) is 27.7 Å². The van der Waals surface area contributed by atoms with Gasteiger partial charge in [-0.2, -0.15) is 0 Å². The summed E-state index contributed by atoms with van der Waals surface area (Å²) >= 11 is 0. The Morgan fingerprint density at radius 3 is 2.37 bits per heavy atom. The highest BCUT2D eigenvalue weighted by Gasteiger charge is 2.13. The number of nitrogens with one attached hydrogen (secondary N) is 2. The Labute approximate surface area is 158 Å². The standard InChI is InChI=1S/C20H24N2O5/c1-5-25-17-9-7-15(12-18(17)26-6-2)8-10-19(23)21-22-20(24)16-11-13(3)27-14(16)4/h7-12H,5-6H2,1-4H3,(H,21,23)(H,22,24)/b10-8+. The number of benzene rings is 1. The van der Waals surface area contributed by atoms with Crippen molar-refractivity contribution in [1.29, 1.82) is 0 Å². The summed E-state index contributed by atoms with van der Waals surface area (Å²) in [6.45, 7) is 8.26. The van der Waals surface area contributed by atoms with Crippen LogP contribution in [0.2, 0.25) is 0 Å². The summed E-state index contributed by atoms with van der Waals surface area (Å²) in [7, 11) is 0. The third kappa shape index (κ3) is 5.64. The van der Waals surface area contributed by atoms with Gasteiger partial charge in [0.15, 0.2) is 11.5 Å². The summed E-state index contributed by atoms with van der Waals surface area (Å²) in [6, 6.07) is 7.00. The van der Waals surface area contributed by atoms with Crippen LogP contribution in [0, 0.1) is 13.8 Å². The quantitative estimate of drug-likeness (QED) is 0.576. The van der Waals surface area contributed by atoms with Crippen molar-refractivity contribution in [3.63, 3.8) is 0 Å². The zero-order valence-electron chi connectivity index (χ0n) is 15.9. The second kappa shape index (κ2) is 9.47. The van der Waals surface area contributed by atoms with Gasteiger partial charge >= 0.3 is 0 Å². The molecule has 0 unspecified atom stereocenters. The number of hydrazine groups is 1. The molecule has 1 aromatic heterocycles. The molecule has 144 valence electrons. The highest BCUT2D eigenvalue weighted by Crippen LogP contribution is 2.28. The Morgan fingerprint density at radius 1 is 1.04 bits per heavy atom. The van der Waals surface area contributed by atoms with E-state index < -0.39 is 11.8 Å². The van der Waals surface area contributed by atoms with E-state index in [1.54, 1.807) is 38.1 Å². The first-order chi connectivity index (χ1) is 12.9. The molecule has 0 saturated heterocycles. The van der Waals surface area contributed by atoms with Crippen molar-refractivity contribution >= 4 is 17.9 Å². The molecule has 2 amide bonds. The van der Waals surface area contributed by atoms with Gasteiger partial charge < -0.3 is 13.9 Å². The molecule has 2 N–H and O–H groups in total. The van der Waals surface area contributed by atoms with Crippen LogP contribution in [0.15, 0.2) is 34.8 Å². The third-order valence-corrected chi connectivity index (χ3v) is 3.58. The zero-order valence-corrected chi connectivity index (χ0v) is 15.9. The number of furan rings is 1. The lowest BCUT2D eigenvalue weighted by molar-refractivity contribution is -0.117. The van der Waals surface area contributed by atoms with Crippen molar-refractivity contribution < 1.29 is 23.5 Å². The van der Waals surface area contributed by atoms with Gasteiger partial charge in [-0.15, -0.1) is 0 Å². The van der Waals surface area contributed by atoms with Crippen molar-refractivity contribution in [2.75, 3.05) is 13.2 Å². The van der Waals surface area contributed by atoms with E-state index in [9.17, 15) is 9.59 Å². The highest BCUT2D eigenvalue weighted by molar-refractivity contribution is 5.98. The van der Waals surface area contributed by atoms with Crippen LogP contribution in [0.4, 0.5) is 0 Å². The molecule has 27 heavy (non-hydrogen) atoms. The lowest BCUT2D eigenvalue weighted by Gasteiger charge is -2.11. The summed E-state index contributed by atoms with van der Waals surface area (Å²) in [5.74, 6) is 1.48. The molecule has 7 nitrogen and oxygen atoms in total. The SMILES string of the molecule is CCOc1ccc(/C=C/C(=O)NNC(=O)c2cc(C)oc2C)cc1OCC. The number of amides is 2. The number of carbonyl (C=O) groups is 2. The average Bonchev–Trinajstić information content (AvgIpc) is 2.98. The van der Waals surface area contributed by atoms with Crippen molar-refractivity contribution in [1.82, 2.24) is 10.9 Å². The van der Waals surface area contributed by atoms with E-state index in [2.05, 4.69) is 10.9 Å². The van der Waals surface area contributed by atoms with Gasteiger partial charge in [0.05, 0.1) is 18.8 Å². The highest BCUT2D eigenvalue weighted by atomic mass is 16.5. The van der Waals surface area contributed by atoms with Crippen molar-refractivity contribution in [3.05, 3.63) is 53.0 Å². The molecule has 1 aromatic carbocycles. The van der Waals surface area contributed by atoms with Crippen LogP contribution >= 0.6 is 0 Å². The third-order valence-electron chi connectivity index (χ3n) is 3.58. The second-order valence-electron chi connectivity index (χ2n) is 5.68. The van der Waals surface area contributed by atoms with E-state index in [1.165, 1.54) is 6.08 Å². The Hall–Kier alpha value is -3.22. The lowest BCUT2D eigenvalue weighted by Crippen LogP contribution is -2.40. The minimum absolute atomic E-state index is 0.379. The maximum atomic E-state index is 12.0. The fourth-order valence-corrected chi connectivity index (χ4v) is 2.43. The Bertz CT molecular complexity index is 839. The fourth-order valence-electron chi connectivity index (χ4n) is 2.43. The normalized spacial score (nSPS) is 10.7. The Balaban J connectivity index is 1.96. The van der Waals surface area contributed by atoms with Crippen LogP contribution in [-0.4, -0.2) is 25.0 Å². The van der Waals surface area contributed by atoms with E-state index in [1.807, 2.05) is 19.9 Å². The van der Waals surface area contributed by atoms with Gasteiger partial charge in [-0.25, -0.2) is 0 Å². The van der Waals surface area contributed by atoms with Gasteiger partial charge in [0.2, 0.25) is 0 Å². The molecule has 0 radical (unpaired) electrons. The van der Waals surface area contributed by atoms with Gasteiger partial charge in [0, 0.05) is 6.08 Å². The van der Waals surface area contributed by atoms with Gasteiger partial charge in [-0.1, -0.05) is 6.07 Å². The van der Waals surface area contributed by atoms with Crippen LogP contribution in [-0.2, 0) is 4.79 Å². The first-order valence-corrected chi connectivity index (χ1v) is 8.69. The van der Waals surface area contributed by atoms with Gasteiger partial charge in [-0.3, -0.25) is 20.4 Å². The number of aryl methyl sites for hydroxylation is 2. The molecular weight excluding hydrogens is 348 g/mol. The Kier molecular flexibility index (Phi) is 7.05. The molecule has 1 heterocycles. The molecule has 7 heteroatoms. The minimum atomic E-state index is -0.465. The summed E-state index contributed by atoms with van der Waals surface area (Å²) in [5.41, 5.74) is 5.84. The molecule has 0 aliphatic carbocycles. The molecule has 0 aliphatic heterocycles. The summed E-state index contributed by atoms with van der Waals surface area (Å²) < 4.78 is 16.4. The van der Waals surface area contributed by atoms with Gasteiger partial charge in [0.1, 0.15) is 11.5 Å². The predicted octanol–water partition coefficient (Wildman–Crippen LogP) is 3.17. The minimum Gasteiger partial charge on any atom is -0.490 e. The van der Waals surface area contributed by atoms with E-state index in [-0.39, 0.29) is 0 Å². The smallest absolute Gasteiger partial charge is 0.273 e. The maximum Gasteiger partial charge on any atom is 0.273 e. The molecule has 0 spiro atoms. The molecular formula is C20H24N2O5. The van der Waals surface area contributed by atoms with Gasteiger partial charge in [0.25, 0.3) is 11.8 Å². The monoisotopic (exact) mass is 372 g/mol. The largest absolute Gasteiger partial charge is 0.490 e. The van der Waals surface area contributed by atoms with Crippen LogP contribution in [0.3, 0.4) is 0 Å². The molecule has 2 rings (SSSR count). The first-order valence-electron chi connectivity index (χ1n) is 8.69. The predicted molar refractivity (Wildman–Crippen MR) is 102 cm³/mol. The summed E-state index contributed by atoms with van der Waals surface area (Å²) in [6.07, 6.45) is 2.94. The number of hydrogen-bond acceptors (Lipinski definition) is 5. The van der Waals surface area contributed by atoms with Crippen LogP contribution in [0.25, 0.3) is 6.08 Å². The average molecular weight is 372 g/mol. The van der Waals surface area contributed by atoms with Crippen molar-refractivity contribution in [2.24, 2.45) is 0 Å². The molecule has 0 fully saturated rings. The molecule has 2 aromatic rings. The van der Waals surface area contributed by atoms with Crippen LogP contribution in [0.1, 0.15) is 41.3 Å². The number of rotatable bonds is 7. The topological polar surface area (TPSA) is 89.8 Å². The van der Waals surface area contributed by atoms with E-state index in [4.69, 9.17) is 13.9 Å². The number of hydrogen-bond donors (Lipinski definition) is 2. The lowest BCUT2D eigenvalue weighted by atomic mass is 10.2. The molecule has 0 aliphatic rings. The molecule has 0 atom stereocenters. The molecule has 0 saturated carbocycles. The molecule has 0 bridgehead atoms. The summed E-state index contributed by atoms with van der Waals surface area (Å²) in [4.78, 5) is 24.0. The number of carbonyl (C=O) groups excluding carboxylic acids is 2. The maximum absolute atomic E-state index is 12.0. The fraction of sp³-hybridized carbons (Fsp3) is 0.300.